The standard InChI is InChI=1S/C25H21ClN4O3/c26-20-6-4-18(5-7-20)25-24(17-27-33-25)19-2-1-3-23(16-19)29-14-12-28(13-15-29)21-8-10-22(11-9-21)30(31)32/h1-11,16-17H,12-15H2. The van der Waals surface area contributed by atoms with Crippen molar-refractivity contribution < 1.29 is 9.45 Å². The minimum atomic E-state index is -0.372. The zero-order chi connectivity index (χ0) is 22.8. The first kappa shape index (κ1) is 21.0. The summed E-state index contributed by atoms with van der Waals surface area (Å²) in [5.41, 5.74) is 5.15. The first-order valence-corrected chi connectivity index (χ1v) is 11.0. The maximum absolute atomic E-state index is 10.9. The Bertz CT molecular complexity index is 1260. The number of hydrogen-bond donors (Lipinski definition) is 0. The summed E-state index contributed by atoms with van der Waals surface area (Å²) < 4.78 is 5.56. The second kappa shape index (κ2) is 8.96. The van der Waals surface area contributed by atoms with E-state index in [1.165, 1.54) is 0 Å². The highest BCUT2D eigenvalue weighted by molar-refractivity contribution is 6.30. The molecule has 0 N–H and O–H groups in total. The average molecular weight is 461 g/mol. The number of nitrogens with zero attached hydrogens (tertiary/aromatic N) is 4. The molecule has 1 fully saturated rings. The van der Waals surface area contributed by atoms with Crippen molar-refractivity contribution in [1.29, 1.82) is 0 Å². The fraction of sp³-hybridized carbons (Fsp3) is 0.160. The van der Waals surface area contributed by atoms with Crippen LogP contribution in [-0.2, 0) is 0 Å². The number of halogens is 1. The molecule has 1 aromatic heterocycles. The predicted molar refractivity (Wildman–Crippen MR) is 130 cm³/mol. The molecule has 1 aliphatic rings. The van der Waals surface area contributed by atoms with Crippen molar-refractivity contribution in [3.63, 3.8) is 0 Å². The number of nitro benzene ring substituents is 1. The molecule has 33 heavy (non-hydrogen) atoms. The number of anilines is 2. The number of non-ortho nitro benzene ring substituents is 1. The molecule has 166 valence electrons. The van der Waals surface area contributed by atoms with E-state index in [0.29, 0.717) is 10.8 Å². The Kier molecular flexibility index (Phi) is 5.71. The highest BCUT2D eigenvalue weighted by Crippen LogP contribution is 2.34. The minimum absolute atomic E-state index is 0.112. The number of piperazine rings is 1. The molecule has 2 heterocycles. The van der Waals surface area contributed by atoms with Gasteiger partial charge in [-0.25, -0.2) is 0 Å². The van der Waals surface area contributed by atoms with Crippen LogP contribution in [-0.4, -0.2) is 36.3 Å². The van der Waals surface area contributed by atoms with Crippen molar-refractivity contribution in [2.75, 3.05) is 36.0 Å². The fourth-order valence-corrected chi connectivity index (χ4v) is 4.26. The Balaban J connectivity index is 1.31. The molecular formula is C25H21ClN4O3. The summed E-state index contributed by atoms with van der Waals surface area (Å²) in [4.78, 5) is 15.1. The summed E-state index contributed by atoms with van der Waals surface area (Å²) in [5, 5.41) is 15.6. The number of aromatic nitrogens is 1. The van der Waals surface area contributed by atoms with Gasteiger partial charge in [-0.15, -0.1) is 0 Å². The molecule has 0 aliphatic carbocycles. The van der Waals surface area contributed by atoms with Crippen molar-refractivity contribution in [1.82, 2.24) is 5.16 Å². The van der Waals surface area contributed by atoms with E-state index in [1.807, 2.05) is 42.5 Å². The Hall–Kier alpha value is -3.84. The molecule has 1 saturated heterocycles. The van der Waals surface area contributed by atoms with E-state index in [4.69, 9.17) is 16.1 Å². The van der Waals surface area contributed by atoms with Gasteiger partial charge in [-0.05, 0) is 54.1 Å². The van der Waals surface area contributed by atoms with Crippen LogP contribution in [0.5, 0.6) is 0 Å². The van der Waals surface area contributed by atoms with Crippen molar-refractivity contribution in [3.8, 4) is 22.5 Å². The average Bonchev–Trinajstić information content (AvgIpc) is 3.35. The van der Waals surface area contributed by atoms with Gasteiger partial charge >= 0.3 is 0 Å². The van der Waals surface area contributed by atoms with E-state index >= 15 is 0 Å². The molecule has 0 saturated carbocycles. The highest BCUT2D eigenvalue weighted by atomic mass is 35.5. The Labute approximate surface area is 195 Å². The fourth-order valence-electron chi connectivity index (χ4n) is 4.13. The van der Waals surface area contributed by atoms with Gasteiger partial charge in [0.05, 0.1) is 11.1 Å². The SMILES string of the molecule is O=[N+]([O-])c1ccc(N2CCN(c3cccc(-c4cnoc4-c4ccc(Cl)cc4)c3)CC2)cc1. The molecule has 3 aromatic carbocycles. The van der Waals surface area contributed by atoms with Crippen LogP contribution in [0.1, 0.15) is 0 Å². The van der Waals surface area contributed by atoms with Crippen molar-refractivity contribution in [2.45, 2.75) is 0 Å². The van der Waals surface area contributed by atoms with E-state index in [0.717, 1.165) is 54.2 Å². The Morgan fingerprint density at radius 2 is 1.52 bits per heavy atom. The molecule has 0 radical (unpaired) electrons. The van der Waals surface area contributed by atoms with Gasteiger partial charge in [0.1, 0.15) is 0 Å². The van der Waals surface area contributed by atoms with E-state index in [-0.39, 0.29) is 10.6 Å². The molecule has 0 amide bonds. The molecule has 0 unspecified atom stereocenters. The third-order valence-corrected chi connectivity index (χ3v) is 6.16. The third kappa shape index (κ3) is 4.40. The predicted octanol–water partition coefficient (Wildman–Crippen LogP) is 5.90. The van der Waals surface area contributed by atoms with Gasteiger partial charge in [-0.1, -0.05) is 28.9 Å². The van der Waals surface area contributed by atoms with Gasteiger partial charge in [0.25, 0.3) is 5.69 Å². The van der Waals surface area contributed by atoms with Gasteiger partial charge in [0.15, 0.2) is 5.76 Å². The molecular weight excluding hydrogens is 440 g/mol. The lowest BCUT2D eigenvalue weighted by molar-refractivity contribution is -0.384. The van der Waals surface area contributed by atoms with Crippen LogP contribution < -0.4 is 9.80 Å². The molecule has 5 rings (SSSR count). The van der Waals surface area contributed by atoms with E-state index in [9.17, 15) is 10.1 Å². The lowest BCUT2D eigenvalue weighted by Crippen LogP contribution is -2.46. The zero-order valence-electron chi connectivity index (χ0n) is 17.7. The number of benzene rings is 3. The van der Waals surface area contributed by atoms with Crippen LogP contribution in [0.3, 0.4) is 0 Å². The maximum atomic E-state index is 10.9. The minimum Gasteiger partial charge on any atom is -0.368 e. The van der Waals surface area contributed by atoms with Gasteiger partial charge in [0, 0.05) is 65.8 Å². The molecule has 7 nitrogen and oxygen atoms in total. The van der Waals surface area contributed by atoms with Gasteiger partial charge in [0.2, 0.25) is 0 Å². The maximum Gasteiger partial charge on any atom is 0.269 e. The van der Waals surface area contributed by atoms with Crippen molar-refractivity contribution in [2.24, 2.45) is 0 Å². The largest absolute Gasteiger partial charge is 0.368 e. The summed E-state index contributed by atoms with van der Waals surface area (Å²) in [6.07, 6.45) is 1.75. The van der Waals surface area contributed by atoms with Crippen molar-refractivity contribution in [3.05, 3.63) is 94.1 Å². The quantitative estimate of drug-likeness (QED) is 0.273. The zero-order valence-corrected chi connectivity index (χ0v) is 18.5. The first-order valence-electron chi connectivity index (χ1n) is 10.6. The topological polar surface area (TPSA) is 75.7 Å². The van der Waals surface area contributed by atoms with Crippen molar-refractivity contribution >= 4 is 28.7 Å². The number of nitro groups is 1. The lowest BCUT2D eigenvalue weighted by Gasteiger charge is -2.37. The number of hydrogen-bond acceptors (Lipinski definition) is 6. The molecule has 8 heteroatoms. The molecule has 1 aliphatic heterocycles. The molecule has 0 spiro atoms. The summed E-state index contributed by atoms with van der Waals surface area (Å²) in [6, 6.07) is 22.7. The van der Waals surface area contributed by atoms with Crippen LogP contribution in [0.4, 0.5) is 17.1 Å². The van der Waals surface area contributed by atoms with Gasteiger partial charge in [-0.2, -0.15) is 0 Å². The van der Waals surface area contributed by atoms with Gasteiger partial charge in [-0.3, -0.25) is 10.1 Å². The summed E-state index contributed by atoms with van der Waals surface area (Å²) >= 11 is 6.02. The second-order valence-corrected chi connectivity index (χ2v) is 8.31. The smallest absolute Gasteiger partial charge is 0.269 e. The van der Waals surface area contributed by atoms with Crippen LogP contribution in [0.25, 0.3) is 22.5 Å². The monoisotopic (exact) mass is 460 g/mol. The molecule has 0 atom stereocenters. The summed E-state index contributed by atoms with van der Waals surface area (Å²) in [7, 11) is 0. The summed E-state index contributed by atoms with van der Waals surface area (Å²) in [6.45, 7) is 3.39. The molecule has 4 aromatic rings. The summed E-state index contributed by atoms with van der Waals surface area (Å²) in [5.74, 6) is 0.715. The van der Waals surface area contributed by atoms with Crippen LogP contribution in [0.2, 0.25) is 5.02 Å². The van der Waals surface area contributed by atoms with Crippen LogP contribution in [0.15, 0.2) is 83.5 Å². The van der Waals surface area contributed by atoms with E-state index in [2.05, 4.69) is 33.2 Å². The third-order valence-electron chi connectivity index (χ3n) is 5.90. The van der Waals surface area contributed by atoms with E-state index < -0.39 is 0 Å². The Morgan fingerprint density at radius 1 is 0.848 bits per heavy atom. The van der Waals surface area contributed by atoms with Gasteiger partial charge < -0.3 is 14.3 Å². The second-order valence-electron chi connectivity index (χ2n) is 7.87. The Morgan fingerprint density at radius 3 is 2.18 bits per heavy atom. The van der Waals surface area contributed by atoms with E-state index in [1.54, 1.807) is 18.3 Å². The number of rotatable bonds is 5. The molecule has 0 bridgehead atoms. The van der Waals surface area contributed by atoms with Crippen LogP contribution >= 0.6 is 11.6 Å². The van der Waals surface area contributed by atoms with Crippen LogP contribution in [0, 0.1) is 10.1 Å². The lowest BCUT2D eigenvalue weighted by atomic mass is 10.0. The highest BCUT2D eigenvalue weighted by Gasteiger charge is 2.20. The normalized spacial score (nSPS) is 13.8. The first-order chi connectivity index (χ1) is 16.1.